The summed E-state index contributed by atoms with van der Waals surface area (Å²) < 4.78 is 0. The molecular weight excluding hydrogens is 232 g/mol. The van der Waals surface area contributed by atoms with E-state index in [2.05, 4.69) is 25.5 Å². The van der Waals surface area contributed by atoms with Crippen LogP contribution in [0.1, 0.15) is 51.9 Å². The highest BCUT2D eigenvalue weighted by molar-refractivity contribution is 5.96. The number of terminal acetylenes is 1. The van der Waals surface area contributed by atoms with Gasteiger partial charge in [0.15, 0.2) is 5.78 Å². The molecule has 2 fully saturated rings. The van der Waals surface area contributed by atoms with Gasteiger partial charge >= 0.3 is 0 Å². The minimum absolute atomic E-state index is 0.0236. The van der Waals surface area contributed by atoms with Crippen molar-refractivity contribution in [3.05, 3.63) is 23.8 Å². The lowest BCUT2D eigenvalue weighted by Gasteiger charge is -2.55. The van der Waals surface area contributed by atoms with Gasteiger partial charge in [0.1, 0.15) is 0 Å². The second-order valence-corrected chi connectivity index (χ2v) is 6.69. The van der Waals surface area contributed by atoms with E-state index in [-0.39, 0.29) is 16.6 Å². The van der Waals surface area contributed by atoms with Crippen LogP contribution in [0, 0.1) is 29.1 Å². The highest BCUT2D eigenvalue weighted by atomic mass is 16.1. The molecule has 0 heterocycles. The minimum Gasteiger partial charge on any atom is -0.295 e. The highest BCUT2D eigenvalue weighted by Gasteiger charge is 2.54. The first-order chi connectivity index (χ1) is 9.03. The quantitative estimate of drug-likeness (QED) is 0.362. The Morgan fingerprint density at radius 1 is 1.42 bits per heavy atom. The maximum absolute atomic E-state index is 11.9. The summed E-state index contributed by atoms with van der Waals surface area (Å²) in [5.41, 5.74) is 2.37. The SMILES string of the molecule is C#C[C@]12CCCC=C1[C@@]1(C)CCC(=O)C(=C)C1CC2. The molecular formula is C18H22O. The third-order valence-corrected chi connectivity index (χ3v) is 5.84. The molecule has 0 aromatic carbocycles. The van der Waals surface area contributed by atoms with Crippen LogP contribution in [0.4, 0.5) is 0 Å². The van der Waals surface area contributed by atoms with Crippen LogP contribution in [0.3, 0.4) is 0 Å². The molecule has 1 unspecified atom stereocenters. The Hall–Kier alpha value is -1.29. The van der Waals surface area contributed by atoms with Crippen molar-refractivity contribution in [1.82, 2.24) is 0 Å². The van der Waals surface area contributed by atoms with Crippen LogP contribution in [-0.4, -0.2) is 5.78 Å². The standard InChI is InChI=1S/C18H22O/c1-4-18-10-6-5-7-16(18)17(3)11-9-15(19)13(2)14(17)8-12-18/h1,7,14H,2,5-6,8-12H2,3H3/t14?,17-,18+/m0/s1. The van der Waals surface area contributed by atoms with Crippen molar-refractivity contribution in [1.29, 1.82) is 0 Å². The minimum atomic E-state index is -0.0236. The molecule has 0 N–H and O–H groups in total. The predicted molar refractivity (Wildman–Crippen MR) is 77.4 cm³/mol. The van der Waals surface area contributed by atoms with Crippen molar-refractivity contribution in [3.63, 3.8) is 0 Å². The van der Waals surface area contributed by atoms with Gasteiger partial charge in [-0.05, 0) is 61.0 Å². The van der Waals surface area contributed by atoms with E-state index in [1.54, 1.807) is 0 Å². The molecule has 1 nitrogen and oxygen atoms in total. The average molecular weight is 254 g/mol. The van der Waals surface area contributed by atoms with Crippen LogP contribution in [0.15, 0.2) is 23.8 Å². The summed E-state index contributed by atoms with van der Waals surface area (Å²) in [5, 5.41) is 0. The molecule has 3 atom stereocenters. The zero-order valence-corrected chi connectivity index (χ0v) is 11.8. The second-order valence-electron chi connectivity index (χ2n) is 6.69. The van der Waals surface area contributed by atoms with Crippen LogP contribution in [0.5, 0.6) is 0 Å². The molecule has 0 saturated heterocycles. The molecule has 0 amide bonds. The molecule has 0 bridgehead atoms. The van der Waals surface area contributed by atoms with Crippen LogP contribution in [-0.2, 0) is 4.79 Å². The van der Waals surface area contributed by atoms with Crippen molar-refractivity contribution in [2.45, 2.75) is 51.9 Å². The Balaban J connectivity index is 2.09. The molecule has 0 radical (unpaired) electrons. The second kappa shape index (κ2) is 4.10. The smallest absolute Gasteiger partial charge is 0.158 e. The summed E-state index contributed by atoms with van der Waals surface area (Å²) in [6.07, 6.45) is 15.4. The van der Waals surface area contributed by atoms with Crippen molar-refractivity contribution in [3.8, 4) is 12.3 Å². The Kier molecular flexibility index (Phi) is 2.75. The van der Waals surface area contributed by atoms with E-state index >= 15 is 0 Å². The summed E-state index contributed by atoms with van der Waals surface area (Å²) in [7, 11) is 0. The number of hydrogen-bond donors (Lipinski definition) is 0. The van der Waals surface area contributed by atoms with E-state index in [1.165, 1.54) is 12.0 Å². The van der Waals surface area contributed by atoms with Crippen LogP contribution in [0.2, 0.25) is 0 Å². The third-order valence-electron chi connectivity index (χ3n) is 5.84. The van der Waals surface area contributed by atoms with Gasteiger partial charge in [-0.15, -0.1) is 6.42 Å². The first-order valence-corrected chi connectivity index (χ1v) is 7.44. The molecule has 3 aliphatic rings. The lowest BCUT2D eigenvalue weighted by Crippen LogP contribution is -2.48. The fraction of sp³-hybridized carbons (Fsp3) is 0.611. The molecule has 2 saturated carbocycles. The fourth-order valence-electron chi connectivity index (χ4n) is 4.73. The van der Waals surface area contributed by atoms with Crippen molar-refractivity contribution < 1.29 is 4.79 Å². The fourth-order valence-corrected chi connectivity index (χ4v) is 4.73. The Morgan fingerprint density at radius 2 is 2.21 bits per heavy atom. The number of hydrogen-bond acceptors (Lipinski definition) is 1. The summed E-state index contributed by atoms with van der Waals surface area (Å²) in [4.78, 5) is 11.9. The van der Waals surface area contributed by atoms with Gasteiger partial charge in [-0.1, -0.05) is 25.5 Å². The van der Waals surface area contributed by atoms with Gasteiger partial charge in [0.25, 0.3) is 0 Å². The summed E-state index contributed by atoms with van der Waals surface area (Å²) >= 11 is 0. The molecule has 0 aromatic heterocycles. The summed E-state index contributed by atoms with van der Waals surface area (Å²) in [6, 6.07) is 0. The number of Topliss-reactive ketones (excluding diaryl/α,β-unsaturated/α-hetero) is 1. The van der Waals surface area contributed by atoms with Gasteiger partial charge in [-0.25, -0.2) is 0 Å². The summed E-state index contributed by atoms with van der Waals surface area (Å²) in [5.74, 6) is 3.71. The number of rotatable bonds is 0. The third kappa shape index (κ3) is 1.59. The monoisotopic (exact) mass is 254 g/mol. The topological polar surface area (TPSA) is 17.1 Å². The van der Waals surface area contributed by atoms with E-state index < -0.39 is 0 Å². The van der Waals surface area contributed by atoms with Gasteiger partial charge in [-0.2, -0.15) is 0 Å². The van der Waals surface area contributed by atoms with Crippen molar-refractivity contribution in [2.75, 3.05) is 0 Å². The number of carbonyl (C=O) groups excluding carboxylic acids is 1. The maximum atomic E-state index is 11.9. The Morgan fingerprint density at radius 3 is 2.95 bits per heavy atom. The molecule has 0 aliphatic heterocycles. The lowest BCUT2D eigenvalue weighted by molar-refractivity contribution is -0.119. The maximum Gasteiger partial charge on any atom is 0.158 e. The molecule has 100 valence electrons. The van der Waals surface area contributed by atoms with Gasteiger partial charge in [0, 0.05) is 6.42 Å². The van der Waals surface area contributed by atoms with E-state index in [9.17, 15) is 4.79 Å². The zero-order valence-electron chi connectivity index (χ0n) is 11.8. The van der Waals surface area contributed by atoms with E-state index in [4.69, 9.17) is 6.42 Å². The first kappa shape index (κ1) is 12.7. The number of fused-ring (bicyclic) bond motifs is 3. The van der Waals surface area contributed by atoms with Gasteiger partial charge < -0.3 is 0 Å². The van der Waals surface area contributed by atoms with Gasteiger partial charge in [0.05, 0.1) is 5.41 Å². The number of carbonyl (C=O) groups is 1. The van der Waals surface area contributed by atoms with Crippen LogP contribution >= 0.6 is 0 Å². The van der Waals surface area contributed by atoms with E-state index in [1.807, 2.05) is 0 Å². The van der Waals surface area contributed by atoms with Crippen molar-refractivity contribution >= 4 is 5.78 Å². The van der Waals surface area contributed by atoms with E-state index in [0.717, 1.165) is 37.7 Å². The van der Waals surface area contributed by atoms with Crippen LogP contribution < -0.4 is 0 Å². The molecule has 19 heavy (non-hydrogen) atoms. The van der Waals surface area contributed by atoms with E-state index in [0.29, 0.717) is 12.3 Å². The summed E-state index contributed by atoms with van der Waals surface area (Å²) in [6.45, 7) is 6.40. The Bertz CT molecular complexity index is 518. The lowest BCUT2D eigenvalue weighted by atomic mass is 9.48. The predicted octanol–water partition coefficient (Wildman–Crippen LogP) is 4.05. The highest BCUT2D eigenvalue weighted by Crippen LogP contribution is 2.62. The van der Waals surface area contributed by atoms with Crippen LogP contribution in [0.25, 0.3) is 0 Å². The zero-order chi connectivity index (χ0) is 13.7. The first-order valence-electron chi connectivity index (χ1n) is 7.44. The largest absolute Gasteiger partial charge is 0.295 e. The van der Waals surface area contributed by atoms with Crippen molar-refractivity contribution in [2.24, 2.45) is 16.7 Å². The molecule has 0 spiro atoms. The molecule has 1 heteroatoms. The number of ketones is 1. The normalized spacial score (nSPS) is 41.9. The molecule has 0 aromatic rings. The average Bonchev–Trinajstić information content (AvgIpc) is 2.43. The number of allylic oxidation sites excluding steroid dienone is 3. The van der Waals surface area contributed by atoms with Gasteiger partial charge in [0.2, 0.25) is 0 Å². The molecule has 3 rings (SSSR count). The van der Waals surface area contributed by atoms with Gasteiger partial charge in [-0.3, -0.25) is 4.79 Å². The molecule has 3 aliphatic carbocycles. The Labute approximate surface area is 116 Å².